The van der Waals surface area contributed by atoms with Gasteiger partial charge in [0.1, 0.15) is 5.75 Å². The van der Waals surface area contributed by atoms with Crippen LogP contribution in [0.25, 0.3) is 0 Å². The van der Waals surface area contributed by atoms with Gasteiger partial charge in [0.2, 0.25) is 0 Å². The van der Waals surface area contributed by atoms with E-state index in [0.717, 1.165) is 15.5 Å². The van der Waals surface area contributed by atoms with Gasteiger partial charge in [-0.1, -0.05) is 23.9 Å². The highest BCUT2D eigenvalue weighted by molar-refractivity contribution is 7.99. The van der Waals surface area contributed by atoms with Crippen molar-refractivity contribution in [3.8, 4) is 5.75 Å². The fourth-order valence-corrected chi connectivity index (χ4v) is 2.53. The third kappa shape index (κ3) is 3.51. The second-order valence-corrected chi connectivity index (χ2v) is 4.95. The molecule has 4 heteroatoms. The van der Waals surface area contributed by atoms with E-state index in [-0.39, 0.29) is 5.97 Å². The zero-order valence-corrected chi connectivity index (χ0v) is 11.6. The van der Waals surface area contributed by atoms with Crippen LogP contribution in [0.4, 0.5) is 0 Å². The minimum Gasteiger partial charge on any atom is -0.497 e. The first-order valence-corrected chi connectivity index (χ1v) is 6.55. The van der Waals surface area contributed by atoms with Crippen LogP contribution in [0.2, 0.25) is 0 Å². The van der Waals surface area contributed by atoms with Crippen molar-refractivity contribution in [1.82, 2.24) is 0 Å². The summed E-state index contributed by atoms with van der Waals surface area (Å²) in [7, 11) is 3.02. The van der Waals surface area contributed by atoms with E-state index < -0.39 is 0 Å². The molecule has 0 heterocycles. The van der Waals surface area contributed by atoms with Crippen molar-refractivity contribution in [3.63, 3.8) is 0 Å². The van der Waals surface area contributed by atoms with Crippen molar-refractivity contribution in [3.05, 3.63) is 54.1 Å². The van der Waals surface area contributed by atoms with Gasteiger partial charge in [0.05, 0.1) is 19.8 Å². The van der Waals surface area contributed by atoms with Gasteiger partial charge in [0, 0.05) is 9.79 Å². The van der Waals surface area contributed by atoms with E-state index in [1.165, 1.54) is 7.11 Å². The first-order chi connectivity index (χ1) is 9.22. The molecule has 0 amide bonds. The molecule has 2 aromatic rings. The molecule has 0 N–H and O–H groups in total. The summed E-state index contributed by atoms with van der Waals surface area (Å²) in [5.74, 6) is 0.488. The van der Waals surface area contributed by atoms with Gasteiger partial charge in [-0.2, -0.15) is 0 Å². The van der Waals surface area contributed by atoms with E-state index in [4.69, 9.17) is 9.47 Å². The molecule has 0 aromatic heterocycles. The molecule has 0 aliphatic carbocycles. The maximum Gasteiger partial charge on any atom is 0.337 e. The summed E-state index contributed by atoms with van der Waals surface area (Å²) >= 11 is 1.57. The summed E-state index contributed by atoms with van der Waals surface area (Å²) in [6.07, 6.45) is 0. The number of rotatable bonds is 4. The summed E-state index contributed by atoms with van der Waals surface area (Å²) in [6.45, 7) is 0. The molecule has 0 radical (unpaired) electrons. The number of esters is 1. The van der Waals surface area contributed by atoms with Gasteiger partial charge in [-0.25, -0.2) is 4.79 Å². The third-order valence-corrected chi connectivity index (χ3v) is 3.51. The normalized spacial score (nSPS) is 10.0. The molecule has 0 bridgehead atoms. The Morgan fingerprint density at radius 2 is 1.68 bits per heavy atom. The minimum absolute atomic E-state index is 0.326. The van der Waals surface area contributed by atoms with Crippen LogP contribution in [0.5, 0.6) is 5.75 Å². The highest BCUT2D eigenvalue weighted by Crippen LogP contribution is 2.30. The lowest BCUT2D eigenvalue weighted by atomic mass is 10.2. The Bertz CT molecular complexity index is 581. The van der Waals surface area contributed by atoms with Gasteiger partial charge in [-0.05, 0) is 36.4 Å². The highest BCUT2D eigenvalue weighted by Gasteiger charge is 2.06. The summed E-state index contributed by atoms with van der Waals surface area (Å²) in [6, 6.07) is 15.1. The maximum absolute atomic E-state index is 11.5. The number of ether oxygens (including phenoxy) is 2. The molecule has 2 aromatic carbocycles. The zero-order valence-electron chi connectivity index (χ0n) is 10.8. The van der Waals surface area contributed by atoms with Crippen LogP contribution in [-0.4, -0.2) is 20.2 Å². The van der Waals surface area contributed by atoms with Crippen LogP contribution in [-0.2, 0) is 4.74 Å². The number of methoxy groups -OCH3 is 2. The van der Waals surface area contributed by atoms with Crippen LogP contribution in [0.15, 0.2) is 58.3 Å². The van der Waals surface area contributed by atoms with Crippen molar-refractivity contribution in [1.29, 1.82) is 0 Å². The van der Waals surface area contributed by atoms with Crippen molar-refractivity contribution in [2.75, 3.05) is 14.2 Å². The third-order valence-electron chi connectivity index (χ3n) is 2.53. The average Bonchev–Trinajstić information content (AvgIpc) is 2.47. The monoisotopic (exact) mass is 274 g/mol. The molecule has 0 spiro atoms. The quantitative estimate of drug-likeness (QED) is 0.797. The van der Waals surface area contributed by atoms with Crippen LogP contribution in [0.1, 0.15) is 10.4 Å². The standard InChI is InChI=1S/C15H14O3S/c1-17-12-6-4-8-14(10-12)19-13-7-3-5-11(9-13)15(16)18-2/h3-10H,1-2H3. The number of carbonyl (C=O) groups excluding carboxylic acids is 1. The SMILES string of the molecule is COC(=O)c1cccc(Sc2cccc(OC)c2)c1. The summed E-state index contributed by atoms with van der Waals surface area (Å²) in [4.78, 5) is 13.5. The lowest BCUT2D eigenvalue weighted by Gasteiger charge is -2.05. The number of benzene rings is 2. The molecule has 0 aliphatic rings. The Morgan fingerprint density at radius 1 is 1.00 bits per heavy atom. The van der Waals surface area contributed by atoms with E-state index in [1.54, 1.807) is 24.9 Å². The van der Waals surface area contributed by atoms with E-state index in [9.17, 15) is 4.79 Å². The molecule has 98 valence electrons. The smallest absolute Gasteiger partial charge is 0.337 e. The van der Waals surface area contributed by atoms with Crippen molar-refractivity contribution in [2.24, 2.45) is 0 Å². The predicted molar refractivity (Wildman–Crippen MR) is 74.9 cm³/mol. The molecular weight excluding hydrogens is 260 g/mol. The second kappa shape index (κ2) is 6.29. The van der Waals surface area contributed by atoms with Gasteiger partial charge in [0.15, 0.2) is 0 Å². The predicted octanol–water partition coefficient (Wildman–Crippen LogP) is 3.63. The highest BCUT2D eigenvalue weighted by atomic mass is 32.2. The summed E-state index contributed by atoms with van der Waals surface area (Å²) < 4.78 is 9.89. The molecule has 0 aliphatic heterocycles. The fourth-order valence-electron chi connectivity index (χ4n) is 1.61. The molecular formula is C15H14O3S. The molecule has 3 nitrogen and oxygen atoms in total. The molecule has 0 atom stereocenters. The van der Waals surface area contributed by atoms with Crippen molar-refractivity contribution >= 4 is 17.7 Å². The zero-order chi connectivity index (χ0) is 13.7. The Labute approximate surface area is 116 Å². The van der Waals surface area contributed by atoms with Gasteiger partial charge < -0.3 is 9.47 Å². The van der Waals surface area contributed by atoms with E-state index >= 15 is 0 Å². The van der Waals surface area contributed by atoms with Crippen LogP contribution < -0.4 is 4.74 Å². The van der Waals surface area contributed by atoms with Crippen molar-refractivity contribution < 1.29 is 14.3 Å². The molecule has 0 saturated heterocycles. The number of hydrogen-bond donors (Lipinski definition) is 0. The Kier molecular flexibility index (Phi) is 4.47. The fraction of sp³-hybridized carbons (Fsp3) is 0.133. The van der Waals surface area contributed by atoms with Gasteiger partial charge in [0.25, 0.3) is 0 Å². The van der Waals surface area contributed by atoms with Gasteiger partial charge in [-0.15, -0.1) is 0 Å². The van der Waals surface area contributed by atoms with Crippen molar-refractivity contribution in [2.45, 2.75) is 9.79 Å². The van der Waals surface area contributed by atoms with Gasteiger partial charge >= 0.3 is 5.97 Å². The molecule has 2 rings (SSSR count). The van der Waals surface area contributed by atoms with Crippen LogP contribution in [0, 0.1) is 0 Å². The Morgan fingerprint density at radius 3 is 2.37 bits per heavy atom. The topological polar surface area (TPSA) is 35.5 Å². The molecule has 19 heavy (non-hydrogen) atoms. The van der Waals surface area contributed by atoms with E-state index in [2.05, 4.69) is 0 Å². The van der Waals surface area contributed by atoms with E-state index in [0.29, 0.717) is 5.56 Å². The lowest BCUT2D eigenvalue weighted by Crippen LogP contribution is -2.00. The van der Waals surface area contributed by atoms with Gasteiger partial charge in [-0.3, -0.25) is 0 Å². The molecule has 0 fully saturated rings. The summed E-state index contributed by atoms with van der Waals surface area (Å²) in [5.41, 5.74) is 0.551. The first kappa shape index (κ1) is 13.5. The lowest BCUT2D eigenvalue weighted by molar-refractivity contribution is 0.0600. The van der Waals surface area contributed by atoms with E-state index in [1.807, 2.05) is 42.5 Å². The Balaban J connectivity index is 2.20. The Hall–Kier alpha value is -1.94. The van der Waals surface area contributed by atoms with Crippen LogP contribution >= 0.6 is 11.8 Å². The summed E-state index contributed by atoms with van der Waals surface area (Å²) in [5, 5.41) is 0. The average molecular weight is 274 g/mol. The number of carbonyl (C=O) groups is 1. The largest absolute Gasteiger partial charge is 0.497 e. The number of hydrogen-bond acceptors (Lipinski definition) is 4. The molecule has 0 saturated carbocycles. The van der Waals surface area contributed by atoms with Crippen LogP contribution in [0.3, 0.4) is 0 Å². The minimum atomic E-state index is -0.326. The maximum atomic E-state index is 11.5. The second-order valence-electron chi connectivity index (χ2n) is 3.80. The first-order valence-electron chi connectivity index (χ1n) is 5.73. The molecule has 0 unspecified atom stereocenters.